The fourth-order valence-electron chi connectivity index (χ4n) is 5.51. The molecule has 180 valence electrons. The van der Waals surface area contributed by atoms with Crippen LogP contribution in [0.1, 0.15) is 53.2 Å². The Labute approximate surface area is 206 Å². The van der Waals surface area contributed by atoms with Crippen LogP contribution in [-0.2, 0) is 6.42 Å². The van der Waals surface area contributed by atoms with Gasteiger partial charge < -0.3 is 25.0 Å². The highest BCUT2D eigenvalue weighted by Crippen LogP contribution is 2.33. The normalized spacial score (nSPS) is 19.3. The van der Waals surface area contributed by atoms with Crippen molar-refractivity contribution in [2.75, 3.05) is 30.1 Å². The third-order valence-corrected chi connectivity index (χ3v) is 7.43. The first-order valence-corrected chi connectivity index (χ1v) is 12.6. The van der Waals surface area contributed by atoms with Gasteiger partial charge in [-0.05, 0) is 85.7 Å². The van der Waals surface area contributed by atoms with E-state index in [0.717, 1.165) is 31.6 Å². The van der Waals surface area contributed by atoms with Crippen molar-refractivity contribution >= 4 is 17.3 Å². The maximum atomic E-state index is 12.7. The predicted octanol–water partition coefficient (Wildman–Crippen LogP) is 5.30. The summed E-state index contributed by atoms with van der Waals surface area (Å²) < 4.78 is 10.7. The lowest BCUT2D eigenvalue weighted by molar-refractivity contribution is 0.102. The molecule has 2 aliphatic heterocycles. The van der Waals surface area contributed by atoms with Crippen LogP contribution < -0.4 is 25.0 Å². The highest BCUT2D eigenvalue weighted by atomic mass is 16.7. The minimum absolute atomic E-state index is 0.160. The van der Waals surface area contributed by atoms with Crippen LogP contribution in [0.5, 0.6) is 11.5 Å². The van der Waals surface area contributed by atoms with Crippen molar-refractivity contribution in [3.05, 3.63) is 83.4 Å². The minimum atomic E-state index is -0.160. The maximum Gasteiger partial charge on any atom is 0.255 e. The molecule has 6 nitrogen and oxygen atoms in total. The molecule has 0 radical (unpaired) electrons. The van der Waals surface area contributed by atoms with Crippen LogP contribution in [0.3, 0.4) is 0 Å². The lowest BCUT2D eigenvalue weighted by Crippen LogP contribution is -2.44. The van der Waals surface area contributed by atoms with Gasteiger partial charge in [0.15, 0.2) is 11.5 Å². The van der Waals surface area contributed by atoms with Crippen molar-refractivity contribution in [2.24, 2.45) is 0 Å². The van der Waals surface area contributed by atoms with Gasteiger partial charge in [-0.25, -0.2) is 0 Å². The number of amides is 1. The molecule has 0 saturated carbocycles. The molecule has 1 saturated heterocycles. The number of fused-ring (bicyclic) bond motifs is 2. The van der Waals surface area contributed by atoms with Crippen LogP contribution in [0.15, 0.2) is 66.7 Å². The summed E-state index contributed by atoms with van der Waals surface area (Å²) in [6, 6.07) is 23.3. The number of nitrogens with zero attached hydrogens (tertiary/aromatic N) is 1. The van der Waals surface area contributed by atoms with E-state index in [1.807, 2.05) is 12.1 Å². The van der Waals surface area contributed by atoms with E-state index < -0.39 is 0 Å². The van der Waals surface area contributed by atoms with Crippen LogP contribution in [0.25, 0.3) is 0 Å². The van der Waals surface area contributed by atoms with Gasteiger partial charge >= 0.3 is 0 Å². The molecule has 2 heterocycles. The van der Waals surface area contributed by atoms with Crippen molar-refractivity contribution < 1.29 is 14.3 Å². The number of nitrogens with one attached hydrogen (secondary N) is 2. The summed E-state index contributed by atoms with van der Waals surface area (Å²) in [5.74, 6) is 1.12. The molecule has 0 unspecified atom stereocenters. The number of hydrogen-bond donors (Lipinski definition) is 2. The van der Waals surface area contributed by atoms with Crippen LogP contribution in [0.4, 0.5) is 11.4 Å². The minimum Gasteiger partial charge on any atom is -0.454 e. The van der Waals surface area contributed by atoms with Crippen molar-refractivity contribution in [1.29, 1.82) is 0 Å². The highest BCUT2D eigenvalue weighted by molar-refractivity contribution is 6.04. The number of piperidine rings is 1. The zero-order chi connectivity index (χ0) is 23.6. The molecule has 1 atom stereocenters. The van der Waals surface area contributed by atoms with Crippen LogP contribution in [-0.4, -0.2) is 31.8 Å². The predicted molar refractivity (Wildman–Crippen MR) is 137 cm³/mol. The Hall–Kier alpha value is -3.51. The lowest BCUT2D eigenvalue weighted by Gasteiger charge is -2.37. The van der Waals surface area contributed by atoms with E-state index in [4.69, 9.17) is 9.47 Å². The molecule has 6 heteroatoms. The zero-order valence-corrected chi connectivity index (χ0v) is 19.8. The molecular weight excluding hydrogens is 438 g/mol. The van der Waals surface area contributed by atoms with Gasteiger partial charge in [0, 0.05) is 42.1 Å². The summed E-state index contributed by atoms with van der Waals surface area (Å²) in [5.41, 5.74) is 5.55. The number of carbonyl (C=O) groups excluding carboxylic acids is 1. The Kier molecular flexibility index (Phi) is 6.05. The summed E-state index contributed by atoms with van der Waals surface area (Å²) in [6.45, 7) is 2.27. The van der Waals surface area contributed by atoms with Gasteiger partial charge in [0.25, 0.3) is 5.91 Å². The molecule has 3 aromatic rings. The summed E-state index contributed by atoms with van der Waals surface area (Å²) in [7, 11) is 0. The first-order valence-electron chi connectivity index (χ1n) is 12.6. The molecule has 1 fully saturated rings. The van der Waals surface area contributed by atoms with E-state index in [2.05, 4.69) is 51.9 Å². The Bertz CT molecular complexity index is 1200. The standard InChI is InChI=1S/C29H31N3O3/c33-29(21-8-13-27-28(18-21)35-19-34-27)31-22-9-11-24(12-10-22)32-16-14-23(15-17-32)30-26-7-3-5-20-4-1-2-6-25(20)26/h1-2,4,6,8-13,18,23,26,30H,3,5,7,14-17,19H2,(H,31,33)/t26-/m1/s1. The van der Waals surface area contributed by atoms with Crippen LogP contribution >= 0.6 is 0 Å². The smallest absolute Gasteiger partial charge is 0.255 e. The molecule has 3 aliphatic rings. The number of rotatable bonds is 5. The quantitative estimate of drug-likeness (QED) is 0.531. The summed E-state index contributed by atoms with van der Waals surface area (Å²) in [6.07, 6.45) is 5.99. The van der Waals surface area contributed by atoms with Gasteiger partial charge in [-0.15, -0.1) is 0 Å². The highest BCUT2D eigenvalue weighted by Gasteiger charge is 2.25. The van der Waals surface area contributed by atoms with E-state index in [-0.39, 0.29) is 12.7 Å². The number of aryl methyl sites for hydroxylation is 1. The molecule has 6 rings (SSSR count). The van der Waals surface area contributed by atoms with Gasteiger partial charge in [0.2, 0.25) is 6.79 Å². The Morgan fingerprint density at radius 3 is 2.54 bits per heavy atom. The van der Waals surface area contributed by atoms with E-state index in [1.165, 1.54) is 36.1 Å². The molecule has 0 spiro atoms. The monoisotopic (exact) mass is 469 g/mol. The molecule has 0 bridgehead atoms. The number of benzene rings is 3. The van der Waals surface area contributed by atoms with Gasteiger partial charge in [0.1, 0.15) is 0 Å². The van der Waals surface area contributed by atoms with Crippen molar-refractivity contribution in [2.45, 2.75) is 44.2 Å². The SMILES string of the molecule is O=C(Nc1ccc(N2CCC(N[C@@H]3CCCc4ccccc43)CC2)cc1)c1ccc2c(c1)OCO2. The van der Waals surface area contributed by atoms with Gasteiger partial charge in [-0.1, -0.05) is 24.3 Å². The molecule has 3 aromatic carbocycles. The van der Waals surface area contributed by atoms with E-state index in [0.29, 0.717) is 29.1 Å². The number of ether oxygens (including phenoxy) is 2. The zero-order valence-electron chi connectivity index (χ0n) is 19.8. The van der Waals surface area contributed by atoms with E-state index >= 15 is 0 Å². The first-order chi connectivity index (χ1) is 17.2. The van der Waals surface area contributed by atoms with Gasteiger partial charge in [0.05, 0.1) is 0 Å². The fourth-order valence-corrected chi connectivity index (χ4v) is 5.51. The van der Waals surface area contributed by atoms with Crippen LogP contribution in [0.2, 0.25) is 0 Å². The second kappa shape index (κ2) is 9.62. The Morgan fingerprint density at radius 2 is 1.69 bits per heavy atom. The summed E-state index contributed by atoms with van der Waals surface area (Å²) in [5, 5.41) is 6.93. The second-order valence-corrected chi connectivity index (χ2v) is 9.64. The first kappa shape index (κ1) is 22.0. The molecule has 2 N–H and O–H groups in total. The number of anilines is 2. The molecule has 1 amide bonds. The maximum absolute atomic E-state index is 12.7. The average Bonchev–Trinajstić information content (AvgIpc) is 3.38. The van der Waals surface area contributed by atoms with Crippen molar-refractivity contribution in [3.63, 3.8) is 0 Å². The van der Waals surface area contributed by atoms with Crippen LogP contribution in [0, 0.1) is 0 Å². The largest absolute Gasteiger partial charge is 0.454 e. The van der Waals surface area contributed by atoms with E-state index in [9.17, 15) is 4.79 Å². The lowest BCUT2D eigenvalue weighted by atomic mass is 9.87. The Balaban J connectivity index is 1.03. The molecule has 0 aromatic heterocycles. The van der Waals surface area contributed by atoms with Crippen molar-refractivity contribution in [3.8, 4) is 11.5 Å². The number of hydrogen-bond acceptors (Lipinski definition) is 5. The fraction of sp³-hybridized carbons (Fsp3) is 0.345. The second-order valence-electron chi connectivity index (χ2n) is 9.64. The topological polar surface area (TPSA) is 62.8 Å². The third kappa shape index (κ3) is 4.71. The van der Waals surface area contributed by atoms with Gasteiger partial charge in [-0.2, -0.15) is 0 Å². The molecule has 35 heavy (non-hydrogen) atoms. The summed E-state index contributed by atoms with van der Waals surface area (Å²) >= 11 is 0. The Morgan fingerprint density at radius 1 is 0.886 bits per heavy atom. The van der Waals surface area contributed by atoms with E-state index in [1.54, 1.807) is 18.2 Å². The number of carbonyl (C=O) groups is 1. The molecular formula is C29H31N3O3. The third-order valence-electron chi connectivity index (χ3n) is 7.43. The molecule has 1 aliphatic carbocycles. The summed E-state index contributed by atoms with van der Waals surface area (Å²) in [4.78, 5) is 15.1. The average molecular weight is 470 g/mol. The van der Waals surface area contributed by atoms with Crippen molar-refractivity contribution in [1.82, 2.24) is 5.32 Å². The van der Waals surface area contributed by atoms with Gasteiger partial charge in [-0.3, -0.25) is 4.79 Å².